The molecule has 3 fully saturated rings. The molecule has 0 saturated heterocycles. The van der Waals surface area contributed by atoms with Gasteiger partial charge in [0.15, 0.2) is 0 Å². The van der Waals surface area contributed by atoms with Gasteiger partial charge in [-0.15, -0.1) is 0 Å². The number of unbranched alkanes of at least 4 members (excludes halogenated alkanes) is 4. The number of rotatable bonds is 9. The zero-order chi connectivity index (χ0) is 20.6. The van der Waals surface area contributed by atoms with E-state index in [4.69, 9.17) is 4.74 Å². The quantitative estimate of drug-likeness (QED) is 0.286. The number of carbonyl (C=O) groups is 1. The predicted molar refractivity (Wildman–Crippen MR) is 122 cm³/mol. The highest BCUT2D eigenvalue weighted by Gasteiger charge is 2.57. The lowest BCUT2D eigenvalue weighted by Gasteiger charge is -2.55. The van der Waals surface area contributed by atoms with Crippen molar-refractivity contribution in [1.29, 1.82) is 0 Å². The Kier molecular flexibility index (Phi) is 8.93. The second kappa shape index (κ2) is 11.2. The molecule has 0 amide bonds. The van der Waals surface area contributed by atoms with Crippen molar-refractivity contribution in [2.45, 2.75) is 135 Å². The average molecular weight is 405 g/mol. The van der Waals surface area contributed by atoms with Crippen LogP contribution < -0.4 is 0 Å². The maximum atomic E-state index is 13.3. The lowest BCUT2D eigenvalue weighted by atomic mass is 9.49. The molecular formula is C27H48O2. The normalized spacial score (nSPS) is 30.8. The Hall–Kier alpha value is -0.530. The van der Waals surface area contributed by atoms with Gasteiger partial charge >= 0.3 is 5.97 Å². The number of carbonyl (C=O) groups excluding carboxylic acids is 1. The summed E-state index contributed by atoms with van der Waals surface area (Å²) < 4.78 is 5.52. The molecule has 3 rings (SSSR count). The first-order valence-corrected chi connectivity index (χ1v) is 13.3. The minimum Gasteiger partial charge on any atom is -0.469 e. The highest BCUT2D eigenvalue weighted by atomic mass is 16.5. The van der Waals surface area contributed by atoms with Gasteiger partial charge in [-0.25, -0.2) is 0 Å². The molecule has 2 heteroatoms. The van der Waals surface area contributed by atoms with Crippen LogP contribution in [0.15, 0.2) is 0 Å². The van der Waals surface area contributed by atoms with Gasteiger partial charge in [0.1, 0.15) is 0 Å². The maximum absolute atomic E-state index is 13.3. The molecule has 0 bridgehead atoms. The van der Waals surface area contributed by atoms with Crippen molar-refractivity contribution in [2.24, 2.45) is 22.7 Å². The third-order valence-electron chi connectivity index (χ3n) is 9.36. The molecule has 3 aliphatic carbocycles. The topological polar surface area (TPSA) is 26.3 Å². The summed E-state index contributed by atoms with van der Waals surface area (Å²) in [5.74, 6) is 2.05. The van der Waals surface area contributed by atoms with Crippen LogP contribution in [0.2, 0.25) is 0 Å². The number of hydrogen-bond donors (Lipinski definition) is 0. The van der Waals surface area contributed by atoms with Gasteiger partial charge in [0, 0.05) is 0 Å². The third kappa shape index (κ3) is 5.21. The summed E-state index contributed by atoms with van der Waals surface area (Å²) in [6.07, 6.45) is 26.5. The first-order chi connectivity index (χ1) is 14.2. The summed E-state index contributed by atoms with van der Waals surface area (Å²) in [6, 6.07) is 0. The van der Waals surface area contributed by atoms with E-state index in [2.05, 4.69) is 6.92 Å². The van der Waals surface area contributed by atoms with Crippen LogP contribution in [0.25, 0.3) is 0 Å². The molecule has 0 N–H and O–H groups in total. The second-order valence-corrected chi connectivity index (χ2v) is 10.8. The van der Waals surface area contributed by atoms with Crippen LogP contribution >= 0.6 is 0 Å². The van der Waals surface area contributed by atoms with Gasteiger partial charge in [0.25, 0.3) is 0 Å². The summed E-state index contributed by atoms with van der Waals surface area (Å²) in [5.41, 5.74) is 0.0419. The van der Waals surface area contributed by atoms with Crippen molar-refractivity contribution in [3.63, 3.8) is 0 Å². The van der Waals surface area contributed by atoms with E-state index in [0.717, 1.165) is 24.7 Å². The molecule has 0 aromatic rings. The van der Waals surface area contributed by atoms with E-state index < -0.39 is 0 Å². The van der Waals surface area contributed by atoms with Crippen molar-refractivity contribution in [1.82, 2.24) is 0 Å². The summed E-state index contributed by atoms with van der Waals surface area (Å²) in [5, 5.41) is 0. The molecule has 0 radical (unpaired) electrons. The Morgan fingerprint density at radius 2 is 1.34 bits per heavy atom. The Morgan fingerprint density at radius 1 is 0.759 bits per heavy atom. The van der Waals surface area contributed by atoms with Crippen LogP contribution in [-0.4, -0.2) is 13.1 Å². The van der Waals surface area contributed by atoms with Gasteiger partial charge in [-0.05, 0) is 62.2 Å². The minimum absolute atomic E-state index is 0.141. The van der Waals surface area contributed by atoms with Crippen molar-refractivity contribution < 1.29 is 9.53 Å². The summed E-state index contributed by atoms with van der Waals surface area (Å²) in [6.45, 7) is 2.29. The van der Waals surface area contributed by atoms with Gasteiger partial charge in [0.05, 0.1) is 12.5 Å². The standard InChI is InChI=1S/C27H48O2/c1-3-4-5-6-11-18-26(27(25(28)29-2)19-12-8-13-20-27)21-16-24(17-22-26)23-14-9-7-10-15-23/h23-24H,3-22H2,1-2H3. The van der Waals surface area contributed by atoms with Crippen LogP contribution in [0.4, 0.5) is 0 Å². The van der Waals surface area contributed by atoms with E-state index in [9.17, 15) is 4.79 Å². The van der Waals surface area contributed by atoms with E-state index in [1.807, 2.05) is 0 Å². The van der Waals surface area contributed by atoms with Gasteiger partial charge in [-0.1, -0.05) is 90.4 Å². The molecule has 0 spiro atoms. The largest absolute Gasteiger partial charge is 0.469 e. The highest BCUT2D eigenvalue weighted by Crippen LogP contribution is 2.61. The van der Waals surface area contributed by atoms with E-state index >= 15 is 0 Å². The molecule has 3 aliphatic rings. The van der Waals surface area contributed by atoms with Gasteiger partial charge in [-0.3, -0.25) is 4.79 Å². The van der Waals surface area contributed by atoms with Crippen molar-refractivity contribution >= 4 is 5.97 Å². The molecule has 168 valence electrons. The maximum Gasteiger partial charge on any atom is 0.312 e. The van der Waals surface area contributed by atoms with E-state index in [-0.39, 0.29) is 16.8 Å². The molecule has 0 aliphatic heterocycles. The van der Waals surface area contributed by atoms with Crippen molar-refractivity contribution in [3.05, 3.63) is 0 Å². The predicted octanol–water partition coefficient (Wildman–Crippen LogP) is 8.23. The molecule has 0 aromatic carbocycles. The lowest BCUT2D eigenvalue weighted by molar-refractivity contribution is -0.172. The number of esters is 1. The lowest BCUT2D eigenvalue weighted by Crippen LogP contribution is -2.51. The first-order valence-electron chi connectivity index (χ1n) is 13.3. The molecule has 2 nitrogen and oxygen atoms in total. The van der Waals surface area contributed by atoms with Crippen LogP contribution in [-0.2, 0) is 9.53 Å². The Bertz CT molecular complexity index is 477. The fraction of sp³-hybridized carbons (Fsp3) is 0.963. The fourth-order valence-electron chi connectivity index (χ4n) is 7.61. The third-order valence-corrected chi connectivity index (χ3v) is 9.36. The zero-order valence-corrected chi connectivity index (χ0v) is 19.6. The van der Waals surface area contributed by atoms with Gasteiger partial charge in [0.2, 0.25) is 0 Å². The van der Waals surface area contributed by atoms with Gasteiger partial charge in [-0.2, -0.15) is 0 Å². The van der Waals surface area contributed by atoms with Crippen molar-refractivity contribution in [2.75, 3.05) is 7.11 Å². The number of hydrogen-bond acceptors (Lipinski definition) is 2. The molecular weight excluding hydrogens is 356 g/mol. The molecule has 3 saturated carbocycles. The first kappa shape index (κ1) is 23.1. The second-order valence-electron chi connectivity index (χ2n) is 10.8. The molecule has 0 aromatic heterocycles. The Balaban J connectivity index is 1.74. The number of ether oxygens (including phenoxy) is 1. The fourth-order valence-corrected chi connectivity index (χ4v) is 7.61. The molecule has 29 heavy (non-hydrogen) atoms. The summed E-state index contributed by atoms with van der Waals surface area (Å²) >= 11 is 0. The van der Waals surface area contributed by atoms with E-state index in [1.54, 1.807) is 7.11 Å². The summed E-state index contributed by atoms with van der Waals surface area (Å²) in [4.78, 5) is 13.3. The van der Waals surface area contributed by atoms with Crippen LogP contribution in [0.1, 0.15) is 135 Å². The monoisotopic (exact) mass is 404 g/mol. The van der Waals surface area contributed by atoms with Crippen LogP contribution in [0, 0.1) is 22.7 Å². The Morgan fingerprint density at radius 3 is 1.97 bits per heavy atom. The minimum atomic E-state index is -0.178. The smallest absolute Gasteiger partial charge is 0.312 e. The molecule has 0 unspecified atom stereocenters. The summed E-state index contributed by atoms with van der Waals surface area (Å²) in [7, 11) is 1.64. The molecule has 0 atom stereocenters. The Labute approximate surface area is 180 Å². The highest BCUT2D eigenvalue weighted by molar-refractivity contribution is 5.78. The van der Waals surface area contributed by atoms with Gasteiger partial charge < -0.3 is 4.74 Å². The molecule has 0 heterocycles. The van der Waals surface area contributed by atoms with E-state index in [0.29, 0.717) is 0 Å². The SMILES string of the molecule is CCCCCCCC1(C2(C(=O)OC)CCCCC2)CCC(C2CCCCC2)CC1. The van der Waals surface area contributed by atoms with Crippen molar-refractivity contribution in [3.8, 4) is 0 Å². The van der Waals surface area contributed by atoms with Crippen LogP contribution in [0.5, 0.6) is 0 Å². The number of methoxy groups -OCH3 is 1. The average Bonchev–Trinajstić information content (AvgIpc) is 2.79. The zero-order valence-electron chi connectivity index (χ0n) is 19.6. The van der Waals surface area contributed by atoms with Crippen LogP contribution in [0.3, 0.4) is 0 Å². The van der Waals surface area contributed by atoms with E-state index in [1.165, 1.54) is 116 Å².